The topological polar surface area (TPSA) is 27.7 Å². The molecule has 3 heteroatoms. The van der Waals surface area contributed by atoms with E-state index in [-0.39, 0.29) is 0 Å². The second-order valence-corrected chi connectivity index (χ2v) is 8.17. The molecule has 0 fully saturated rings. The van der Waals surface area contributed by atoms with E-state index in [4.69, 9.17) is 14.2 Å². The van der Waals surface area contributed by atoms with Crippen LogP contribution >= 0.6 is 0 Å². The lowest BCUT2D eigenvalue weighted by molar-refractivity contribution is 0.345. The maximum atomic E-state index is 5.55. The van der Waals surface area contributed by atoms with Crippen LogP contribution in [0.25, 0.3) is 0 Å². The molecule has 3 nitrogen and oxygen atoms in total. The van der Waals surface area contributed by atoms with E-state index in [2.05, 4.69) is 73.7 Å². The van der Waals surface area contributed by atoms with Gasteiger partial charge in [-0.2, -0.15) is 0 Å². The van der Waals surface area contributed by atoms with Crippen LogP contribution in [0.3, 0.4) is 0 Å². The fraction of sp³-hybridized carbons (Fsp3) is 0.333. The van der Waals surface area contributed by atoms with Crippen LogP contribution in [0.15, 0.2) is 66.7 Å². The lowest BCUT2D eigenvalue weighted by Gasteiger charge is -2.38. The van der Waals surface area contributed by atoms with Gasteiger partial charge in [0.15, 0.2) is 0 Å². The van der Waals surface area contributed by atoms with Gasteiger partial charge in [0.05, 0.1) is 21.3 Å². The van der Waals surface area contributed by atoms with E-state index in [0.717, 1.165) is 30.1 Å². The second-order valence-electron chi connectivity index (χ2n) is 8.17. The molecule has 0 aliphatic heterocycles. The molecule has 156 valence electrons. The first-order valence-electron chi connectivity index (χ1n) is 10.6. The molecule has 0 saturated heterocycles. The third kappa shape index (κ3) is 4.02. The van der Waals surface area contributed by atoms with Crippen molar-refractivity contribution in [3.8, 4) is 17.2 Å². The summed E-state index contributed by atoms with van der Waals surface area (Å²) in [5.74, 6) is 4.13. The molecule has 30 heavy (non-hydrogen) atoms. The molecule has 3 atom stereocenters. The zero-order valence-corrected chi connectivity index (χ0v) is 18.2. The monoisotopic (exact) mass is 402 g/mol. The van der Waals surface area contributed by atoms with E-state index < -0.39 is 0 Å². The Balaban J connectivity index is 1.70. The molecule has 0 saturated carbocycles. The molecule has 0 amide bonds. The molecule has 0 N–H and O–H groups in total. The molecule has 3 aromatic carbocycles. The molecule has 0 spiro atoms. The lowest BCUT2D eigenvalue weighted by Crippen LogP contribution is -2.28. The Bertz CT molecular complexity index is 976. The summed E-state index contributed by atoms with van der Waals surface area (Å²) in [4.78, 5) is 0. The predicted octanol–water partition coefficient (Wildman–Crippen LogP) is 6.01. The summed E-state index contributed by atoms with van der Waals surface area (Å²) >= 11 is 0. The summed E-state index contributed by atoms with van der Waals surface area (Å²) in [6.07, 6.45) is 2.05. The number of hydrogen-bond donors (Lipinski definition) is 0. The number of ether oxygens (including phenoxy) is 3. The first kappa shape index (κ1) is 20.3. The highest BCUT2D eigenvalue weighted by atomic mass is 16.5. The standard InChI is InChI=1S/C27H30O3/c1-18-25(20-7-12-23(29-3)13-8-20)16-21-9-14-24(30-4)17-27(21)26(18)15-19-5-10-22(28-2)11-6-19/h5-14,17-18,25-26H,15-16H2,1-4H3. The van der Waals surface area contributed by atoms with Crippen molar-refractivity contribution in [2.45, 2.75) is 31.6 Å². The average Bonchev–Trinajstić information content (AvgIpc) is 2.81. The molecular formula is C27H30O3. The molecule has 1 aliphatic rings. The van der Waals surface area contributed by atoms with Gasteiger partial charge in [-0.3, -0.25) is 0 Å². The van der Waals surface area contributed by atoms with Crippen molar-refractivity contribution in [2.75, 3.05) is 21.3 Å². The molecule has 0 heterocycles. The summed E-state index contributed by atoms with van der Waals surface area (Å²) in [5.41, 5.74) is 5.55. The van der Waals surface area contributed by atoms with Gasteiger partial charge in [0, 0.05) is 0 Å². The largest absolute Gasteiger partial charge is 0.497 e. The number of methoxy groups -OCH3 is 3. The average molecular weight is 403 g/mol. The van der Waals surface area contributed by atoms with Crippen molar-refractivity contribution in [3.63, 3.8) is 0 Å². The number of hydrogen-bond acceptors (Lipinski definition) is 3. The molecule has 0 bridgehead atoms. The highest BCUT2D eigenvalue weighted by Gasteiger charge is 2.35. The van der Waals surface area contributed by atoms with E-state index in [1.807, 2.05) is 0 Å². The molecule has 0 radical (unpaired) electrons. The van der Waals surface area contributed by atoms with Gasteiger partial charge in [-0.05, 0) is 89.2 Å². The third-order valence-electron chi connectivity index (χ3n) is 6.62. The highest BCUT2D eigenvalue weighted by molar-refractivity contribution is 5.44. The highest BCUT2D eigenvalue weighted by Crippen LogP contribution is 2.47. The molecule has 4 rings (SSSR count). The minimum absolute atomic E-state index is 0.421. The van der Waals surface area contributed by atoms with Crippen LogP contribution in [0.1, 0.15) is 41.0 Å². The van der Waals surface area contributed by atoms with Gasteiger partial charge in [0.25, 0.3) is 0 Å². The second kappa shape index (κ2) is 8.83. The van der Waals surface area contributed by atoms with Crippen molar-refractivity contribution < 1.29 is 14.2 Å². The van der Waals surface area contributed by atoms with Crippen molar-refractivity contribution in [3.05, 3.63) is 89.0 Å². The Kier molecular flexibility index (Phi) is 5.98. The van der Waals surface area contributed by atoms with E-state index in [9.17, 15) is 0 Å². The molecule has 3 aromatic rings. The van der Waals surface area contributed by atoms with Gasteiger partial charge in [-0.25, -0.2) is 0 Å². The van der Waals surface area contributed by atoms with Gasteiger partial charge in [0.2, 0.25) is 0 Å². The van der Waals surface area contributed by atoms with E-state index >= 15 is 0 Å². The summed E-state index contributed by atoms with van der Waals surface area (Å²) < 4.78 is 16.2. The molecular weight excluding hydrogens is 372 g/mol. The zero-order chi connectivity index (χ0) is 21.1. The Morgan fingerprint density at radius 1 is 0.733 bits per heavy atom. The quantitative estimate of drug-likeness (QED) is 0.505. The summed E-state index contributed by atoms with van der Waals surface area (Å²) in [6.45, 7) is 2.39. The first-order valence-corrected chi connectivity index (χ1v) is 10.6. The maximum absolute atomic E-state index is 5.55. The molecule has 3 unspecified atom stereocenters. The Morgan fingerprint density at radius 3 is 1.90 bits per heavy atom. The van der Waals surface area contributed by atoms with Crippen molar-refractivity contribution in [2.24, 2.45) is 5.92 Å². The number of benzene rings is 3. The smallest absolute Gasteiger partial charge is 0.119 e. The van der Waals surface area contributed by atoms with Gasteiger partial charge >= 0.3 is 0 Å². The Morgan fingerprint density at radius 2 is 1.30 bits per heavy atom. The minimum Gasteiger partial charge on any atom is -0.497 e. The normalized spacial score (nSPS) is 20.3. The van der Waals surface area contributed by atoms with Gasteiger partial charge in [0.1, 0.15) is 17.2 Å². The molecule has 0 aromatic heterocycles. The zero-order valence-electron chi connectivity index (χ0n) is 18.2. The van der Waals surface area contributed by atoms with Crippen molar-refractivity contribution >= 4 is 0 Å². The number of fused-ring (bicyclic) bond motifs is 1. The third-order valence-corrected chi connectivity index (χ3v) is 6.62. The molecule has 1 aliphatic carbocycles. The van der Waals surface area contributed by atoms with E-state index in [1.54, 1.807) is 21.3 Å². The van der Waals surface area contributed by atoms with Gasteiger partial charge < -0.3 is 14.2 Å². The van der Waals surface area contributed by atoms with E-state index in [1.165, 1.54) is 22.3 Å². The Hall–Kier alpha value is -2.94. The Labute approximate surface area is 179 Å². The van der Waals surface area contributed by atoms with Crippen LogP contribution in [0, 0.1) is 5.92 Å². The summed E-state index contributed by atoms with van der Waals surface area (Å²) in [5, 5.41) is 0. The summed E-state index contributed by atoms with van der Waals surface area (Å²) in [6, 6.07) is 23.6. The van der Waals surface area contributed by atoms with Crippen LogP contribution in [-0.4, -0.2) is 21.3 Å². The predicted molar refractivity (Wildman–Crippen MR) is 121 cm³/mol. The summed E-state index contributed by atoms with van der Waals surface area (Å²) in [7, 11) is 5.17. The van der Waals surface area contributed by atoms with Crippen LogP contribution in [0.5, 0.6) is 17.2 Å². The fourth-order valence-electron chi connectivity index (χ4n) is 4.80. The van der Waals surface area contributed by atoms with Crippen molar-refractivity contribution in [1.82, 2.24) is 0 Å². The fourth-order valence-corrected chi connectivity index (χ4v) is 4.80. The number of rotatable bonds is 6. The SMILES string of the molecule is COc1ccc(CC2c3cc(OC)ccc3CC(c3ccc(OC)cc3)C2C)cc1. The van der Waals surface area contributed by atoms with Crippen LogP contribution < -0.4 is 14.2 Å². The van der Waals surface area contributed by atoms with Crippen LogP contribution in [0.4, 0.5) is 0 Å². The first-order chi connectivity index (χ1) is 14.6. The van der Waals surface area contributed by atoms with Crippen LogP contribution in [0.2, 0.25) is 0 Å². The maximum Gasteiger partial charge on any atom is 0.119 e. The lowest BCUT2D eigenvalue weighted by atomic mass is 9.66. The van der Waals surface area contributed by atoms with Gasteiger partial charge in [-0.1, -0.05) is 37.3 Å². The van der Waals surface area contributed by atoms with Gasteiger partial charge in [-0.15, -0.1) is 0 Å². The van der Waals surface area contributed by atoms with Crippen molar-refractivity contribution in [1.29, 1.82) is 0 Å². The minimum atomic E-state index is 0.421. The van der Waals surface area contributed by atoms with Crippen LogP contribution in [-0.2, 0) is 12.8 Å². The van der Waals surface area contributed by atoms with E-state index in [0.29, 0.717) is 17.8 Å².